The monoisotopic (exact) mass is 593 g/mol. The van der Waals surface area contributed by atoms with Gasteiger partial charge in [-0.15, -0.1) is 11.3 Å². The molecule has 4 rings (SSSR count). The van der Waals surface area contributed by atoms with Crippen molar-refractivity contribution >= 4 is 61.0 Å². The lowest BCUT2D eigenvalue weighted by atomic mass is 10.1. The molecule has 0 bridgehead atoms. The molecule has 3 N–H and O–H groups in total. The summed E-state index contributed by atoms with van der Waals surface area (Å²) in [6, 6.07) is 22.0. The van der Waals surface area contributed by atoms with E-state index in [1.807, 2.05) is 69.3 Å². The Bertz CT molecular complexity index is 1610. The Labute approximate surface area is 244 Å². The van der Waals surface area contributed by atoms with Gasteiger partial charge in [-0.2, -0.15) is 0 Å². The van der Waals surface area contributed by atoms with E-state index < -0.39 is 16.0 Å². The molecule has 0 atom stereocenters. The highest BCUT2D eigenvalue weighted by molar-refractivity contribution is 7.92. The third-order valence-corrected chi connectivity index (χ3v) is 8.68. The lowest BCUT2D eigenvalue weighted by molar-refractivity contribution is 0.0528. The zero-order chi connectivity index (χ0) is 28.9. The summed E-state index contributed by atoms with van der Waals surface area (Å²) in [5.41, 5.74) is 5.51. The van der Waals surface area contributed by atoms with Crippen LogP contribution in [0.2, 0.25) is 0 Å². The summed E-state index contributed by atoms with van der Waals surface area (Å²) in [4.78, 5) is 13.7. The summed E-state index contributed by atoms with van der Waals surface area (Å²) in [5.74, 6) is -0.426. The van der Waals surface area contributed by atoms with Gasteiger partial charge < -0.3 is 15.4 Å². The minimum atomic E-state index is -3.78. The van der Waals surface area contributed by atoms with Crippen molar-refractivity contribution in [2.24, 2.45) is 0 Å². The minimum Gasteiger partial charge on any atom is -0.462 e. The molecule has 0 aliphatic heterocycles. The first-order valence-corrected chi connectivity index (χ1v) is 15.4. The van der Waals surface area contributed by atoms with Crippen molar-refractivity contribution in [2.75, 3.05) is 22.0 Å². The second kappa shape index (κ2) is 12.6. The largest absolute Gasteiger partial charge is 0.462 e. The number of nitrogens with one attached hydrogen (secondary N) is 3. The lowest BCUT2D eigenvalue weighted by Gasteiger charge is -2.15. The average Bonchev–Trinajstić information content (AvgIpc) is 3.29. The van der Waals surface area contributed by atoms with Crippen molar-refractivity contribution in [3.05, 3.63) is 105 Å². The fourth-order valence-corrected chi connectivity index (χ4v) is 6.87. The van der Waals surface area contributed by atoms with E-state index in [4.69, 9.17) is 17.0 Å². The molecule has 0 unspecified atom stereocenters. The van der Waals surface area contributed by atoms with Crippen molar-refractivity contribution < 1.29 is 17.9 Å². The van der Waals surface area contributed by atoms with Gasteiger partial charge in [-0.1, -0.05) is 48.0 Å². The maximum absolute atomic E-state index is 13.0. The first kappa shape index (κ1) is 29.3. The fraction of sp³-hybridized carbons (Fsp3) is 0.200. The molecule has 3 aromatic carbocycles. The Kier molecular flexibility index (Phi) is 9.24. The predicted octanol–water partition coefficient (Wildman–Crippen LogP) is 7.05. The highest BCUT2D eigenvalue weighted by atomic mass is 32.2. The highest BCUT2D eigenvalue weighted by Crippen LogP contribution is 2.31. The fourth-order valence-electron chi connectivity index (χ4n) is 4.30. The molecule has 208 valence electrons. The SMILES string of the molecule is CCOC(=O)c1cc(Cc2ccccc2)sc1NC(=S)Nc1ccc(S(=O)(=O)Nc2c(C)cc(C)cc2C)cc1. The van der Waals surface area contributed by atoms with Crippen LogP contribution < -0.4 is 15.4 Å². The van der Waals surface area contributed by atoms with Gasteiger partial charge in [-0.3, -0.25) is 4.72 Å². The van der Waals surface area contributed by atoms with Crippen molar-refractivity contribution in [1.82, 2.24) is 0 Å². The third kappa shape index (κ3) is 7.26. The van der Waals surface area contributed by atoms with Gasteiger partial charge in [0.1, 0.15) is 5.00 Å². The number of ether oxygens (including phenoxy) is 1. The summed E-state index contributed by atoms with van der Waals surface area (Å²) in [7, 11) is -3.78. The molecule has 4 aromatic rings. The normalized spacial score (nSPS) is 11.1. The summed E-state index contributed by atoms with van der Waals surface area (Å²) in [6.45, 7) is 7.76. The van der Waals surface area contributed by atoms with Crippen molar-refractivity contribution in [3.63, 3.8) is 0 Å². The van der Waals surface area contributed by atoms with Gasteiger partial charge in [0.05, 0.1) is 22.8 Å². The number of carbonyl (C=O) groups is 1. The van der Waals surface area contributed by atoms with Gasteiger partial charge in [-0.05, 0) is 86.9 Å². The van der Waals surface area contributed by atoms with E-state index in [2.05, 4.69) is 15.4 Å². The highest BCUT2D eigenvalue weighted by Gasteiger charge is 2.20. The summed E-state index contributed by atoms with van der Waals surface area (Å²) in [5, 5.41) is 7.01. The predicted molar refractivity (Wildman–Crippen MR) is 167 cm³/mol. The van der Waals surface area contributed by atoms with Crippen LogP contribution in [0.4, 0.5) is 16.4 Å². The van der Waals surface area contributed by atoms with Crippen molar-refractivity contribution in [1.29, 1.82) is 0 Å². The van der Waals surface area contributed by atoms with E-state index >= 15 is 0 Å². The van der Waals surface area contributed by atoms with Crippen LogP contribution in [0.1, 0.15) is 44.4 Å². The molecule has 0 saturated carbocycles. The van der Waals surface area contributed by atoms with Gasteiger partial charge in [0.25, 0.3) is 10.0 Å². The number of sulfonamides is 1. The molecule has 7 nitrogen and oxygen atoms in total. The molecule has 0 aliphatic carbocycles. The topological polar surface area (TPSA) is 96.5 Å². The molecular weight excluding hydrogens is 563 g/mol. The number of anilines is 3. The van der Waals surface area contributed by atoms with E-state index in [1.54, 1.807) is 19.1 Å². The maximum Gasteiger partial charge on any atom is 0.341 e. The van der Waals surface area contributed by atoms with E-state index in [0.29, 0.717) is 28.4 Å². The second-order valence-electron chi connectivity index (χ2n) is 9.32. The van der Waals surface area contributed by atoms with E-state index in [1.165, 1.54) is 23.5 Å². The number of hydrogen-bond acceptors (Lipinski definition) is 6. The smallest absolute Gasteiger partial charge is 0.341 e. The summed E-state index contributed by atoms with van der Waals surface area (Å²) in [6.07, 6.45) is 0.672. The Morgan fingerprint density at radius 1 is 0.925 bits per heavy atom. The second-order valence-corrected chi connectivity index (χ2v) is 12.5. The van der Waals surface area contributed by atoms with Crippen molar-refractivity contribution in [2.45, 2.75) is 39.0 Å². The number of benzene rings is 3. The van der Waals surface area contributed by atoms with Crippen molar-refractivity contribution in [3.8, 4) is 0 Å². The molecule has 0 amide bonds. The first-order valence-electron chi connectivity index (χ1n) is 12.7. The average molecular weight is 594 g/mol. The molecule has 0 fully saturated rings. The number of hydrogen-bond donors (Lipinski definition) is 3. The van der Waals surface area contributed by atoms with Gasteiger partial charge in [-0.25, -0.2) is 13.2 Å². The maximum atomic E-state index is 13.0. The Morgan fingerprint density at radius 2 is 1.57 bits per heavy atom. The Morgan fingerprint density at radius 3 is 2.20 bits per heavy atom. The van der Waals surface area contributed by atoms with Crippen LogP contribution in [0, 0.1) is 20.8 Å². The number of rotatable bonds is 9. The molecule has 1 heterocycles. The van der Waals surface area contributed by atoms with Gasteiger partial charge >= 0.3 is 5.97 Å². The van der Waals surface area contributed by atoms with E-state index in [0.717, 1.165) is 27.1 Å². The summed E-state index contributed by atoms with van der Waals surface area (Å²) < 4.78 is 34.0. The van der Waals surface area contributed by atoms with Crippen LogP contribution in [-0.2, 0) is 21.2 Å². The molecule has 0 radical (unpaired) electrons. The Balaban J connectivity index is 1.46. The van der Waals surface area contributed by atoms with Gasteiger partial charge in [0, 0.05) is 17.0 Å². The van der Waals surface area contributed by atoms with Crippen LogP contribution in [0.5, 0.6) is 0 Å². The zero-order valence-corrected chi connectivity index (χ0v) is 25.1. The number of thiocarbonyl (C=S) groups is 1. The molecule has 40 heavy (non-hydrogen) atoms. The van der Waals surface area contributed by atoms with Crippen LogP contribution in [0.25, 0.3) is 0 Å². The molecular formula is C30H31N3O4S3. The summed E-state index contributed by atoms with van der Waals surface area (Å²) >= 11 is 6.93. The standard InChI is InChI=1S/C30H31N3O4S3/c1-5-37-29(34)26-18-24(17-22-9-7-6-8-10-22)39-28(26)32-30(38)31-23-11-13-25(14-12-23)40(35,36)33-27-20(3)15-19(2)16-21(27)4/h6-16,18,33H,5,17H2,1-4H3,(H2,31,32,38). The molecule has 0 aliphatic rings. The van der Waals surface area contributed by atoms with Gasteiger partial charge in [0.2, 0.25) is 0 Å². The van der Waals surface area contributed by atoms with Crippen LogP contribution >= 0.6 is 23.6 Å². The molecule has 0 saturated heterocycles. The molecule has 10 heteroatoms. The number of thiophene rings is 1. The molecule has 1 aromatic heterocycles. The van der Waals surface area contributed by atoms with Gasteiger partial charge in [0.15, 0.2) is 5.11 Å². The minimum absolute atomic E-state index is 0.129. The number of esters is 1. The van der Waals surface area contributed by atoms with E-state index in [-0.39, 0.29) is 16.6 Å². The van der Waals surface area contributed by atoms with Crippen LogP contribution in [0.3, 0.4) is 0 Å². The zero-order valence-electron chi connectivity index (χ0n) is 22.7. The van der Waals surface area contributed by atoms with E-state index in [9.17, 15) is 13.2 Å². The first-order chi connectivity index (χ1) is 19.1. The van der Waals surface area contributed by atoms with Crippen LogP contribution in [0.15, 0.2) is 77.7 Å². The quantitative estimate of drug-likeness (QED) is 0.141. The Hall–Kier alpha value is -3.73. The van der Waals surface area contributed by atoms with Crippen LogP contribution in [-0.4, -0.2) is 26.1 Å². The lowest BCUT2D eigenvalue weighted by Crippen LogP contribution is -2.20. The molecule has 0 spiro atoms. The third-order valence-electron chi connectivity index (χ3n) is 6.06. The number of carbonyl (C=O) groups excluding carboxylic acids is 1. The number of aryl methyl sites for hydroxylation is 3.